The molecular formula is C10H16IN4+. The van der Waals surface area contributed by atoms with Gasteiger partial charge in [-0.3, -0.25) is 0 Å². The first-order chi connectivity index (χ1) is 6.96. The van der Waals surface area contributed by atoms with E-state index in [9.17, 15) is 0 Å². The van der Waals surface area contributed by atoms with Crippen LogP contribution < -0.4 is 0 Å². The van der Waals surface area contributed by atoms with Gasteiger partial charge in [-0.2, -0.15) is 3.21 Å². The number of nitrogens with zero attached hydrogens (tertiary/aromatic N) is 4. The normalized spacial score (nSPS) is 32.2. The van der Waals surface area contributed by atoms with E-state index in [1.165, 1.54) is 0 Å². The van der Waals surface area contributed by atoms with Crippen LogP contribution in [0.15, 0.2) is 23.7 Å². The van der Waals surface area contributed by atoms with E-state index in [1.54, 1.807) is 0 Å². The summed E-state index contributed by atoms with van der Waals surface area (Å²) in [4.78, 5) is 4.71. The van der Waals surface area contributed by atoms with Crippen LogP contribution in [0.25, 0.3) is 0 Å². The zero-order chi connectivity index (χ0) is 11.1. The highest BCUT2D eigenvalue weighted by Gasteiger charge is 2.42. The number of quaternary nitrogens is 1. The fourth-order valence-corrected chi connectivity index (χ4v) is 3.30. The summed E-state index contributed by atoms with van der Waals surface area (Å²) in [7, 11) is 0. The van der Waals surface area contributed by atoms with Gasteiger partial charge >= 0.3 is 0 Å². The van der Waals surface area contributed by atoms with Crippen LogP contribution in [0.1, 0.15) is 27.7 Å². The summed E-state index contributed by atoms with van der Waals surface area (Å²) in [5, 5.41) is 0. The van der Waals surface area contributed by atoms with Crippen LogP contribution in [-0.4, -0.2) is 28.2 Å². The number of amidine groups is 1. The van der Waals surface area contributed by atoms with Gasteiger partial charge in [-0.25, -0.2) is 4.99 Å². The molecule has 0 bridgehead atoms. The molecule has 4 nitrogen and oxygen atoms in total. The van der Waals surface area contributed by atoms with E-state index in [0.717, 1.165) is 5.84 Å². The van der Waals surface area contributed by atoms with Gasteiger partial charge in [-0.1, -0.05) is 0 Å². The minimum atomic E-state index is -0.411. The van der Waals surface area contributed by atoms with Crippen molar-refractivity contribution in [2.24, 2.45) is 11.5 Å². The van der Waals surface area contributed by atoms with Crippen LogP contribution in [0.5, 0.6) is 0 Å². The number of rotatable bonds is 1. The highest BCUT2D eigenvalue weighted by atomic mass is 127. The Bertz CT molecular complexity index is 392. The van der Waals surface area contributed by atoms with E-state index < -0.39 is 21.3 Å². The molecule has 15 heavy (non-hydrogen) atoms. The lowest BCUT2D eigenvalue weighted by atomic mass is 10.0. The van der Waals surface area contributed by atoms with Crippen molar-refractivity contribution in [3.63, 3.8) is 0 Å². The molecule has 0 aliphatic carbocycles. The Hall–Kier alpha value is -0.430. The lowest BCUT2D eigenvalue weighted by Gasteiger charge is -2.35. The van der Waals surface area contributed by atoms with E-state index in [2.05, 4.69) is 46.4 Å². The van der Waals surface area contributed by atoms with Crippen LogP contribution in [0, 0.1) is 0 Å². The Morgan fingerprint density at radius 2 is 2.13 bits per heavy atom. The molecule has 1 unspecified atom stereocenters. The van der Waals surface area contributed by atoms with Gasteiger partial charge in [0, 0.05) is 0 Å². The molecule has 82 valence electrons. The first kappa shape index (κ1) is 11.1. The Balaban J connectivity index is 2.51. The van der Waals surface area contributed by atoms with Crippen LogP contribution >= 0.6 is 21.3 Å². The zero-order valence-electron chi connectivity index (χ0n) is 9.48. The summed E-state index contributed by atoms with van der Waals surface area (Å²) in [5.74, 6) is 0.975. The molecule has 0 aromatic rings. The quantitative estimate of drug-likeness (QED) is 0.526. The highest BCUT2D eigenvalue weighted by molar-refractivity contribution is 14.1. The third-order valence-electron chi connectivity index (χ3n) is 2.63. The molecule has 2 aliphatic heterocycles. The van der Waals surface area contributed by atoms with Crippen molar-refractivity contribution in [3.8, 4) is 0 Å². The number of hydrogen-bond acceptors (Lipinski definition) is 3. The summed E-state index contributed by atoms with van der Waals surface area (Å²) in [6, 6.07) is 0.391. The van der Waals surface area contributed by atoms with Crippen LogP contribution in [0.2, 0.25) is 0 Å². The van der Waals surface area contributed by atoms with Crippen molar-refractivity contribution in [1.29, 1.82) is 0 Å². The summed E-state index contributed by atoms with van der Waals surface area (Å²) in [6.45, 7) is 8.54. The van der Waals surface area contributed by atoms with Gasteiger partial charge in [0.05, 0.1) is 5.54 Å². The fraction of sp³-hybridized carbons (Fsp3) is 0.600. The van der Waals surface area contributed by atoms with Crippen LogP contribution in [0.3, 0.4) is 0 Å². The van der Waals surface area contributed by atoms with E-state index in [-0.39, 0.29) is 5.54 Å². The average Bonchev–Trinajstić information content (AvgIpc) is 2.16. The van der Waals surface area contributed by atoms with Crippen molar-refractivity contribution in [1.82, 2.24) is 0 Å². The Morgan fingerprint density at radius 3 is 2.80 bits per heavy atom. The molecule has 0 aromatic carbocycles. The third kappa shape index (κ3) is 1.82. The zero-order valence-corrected chi connectivity index (χ0v) is 11.6. The number of fused-ring (bicyclic) bond motifs is 1. The highest BCUT2D eigenvalue weighted by Crippen LogP contribution is 2.31. The standard InChI is InChI=1S/C10H16IN4/c1-8(2)15-6-5-10(3,4)13-9(15)7-12-11-14-15/h5-8H,1-4H3/q+1. The largest absolute Gasteiger partial charge is 0.275 e. The maximum Gasteiger partial charge on any atom is 0.275 e. The summed E-state index contributed by atoms with van der Waals surface area (Å²) in [5.41, 5.74) is -0.122. The monoisotopic (exact) mass is 319 g/mol. The summed E-state index contributed by atoms with van der Waals surface area (Å²) in [6.07, 6.45) is 6.21. The van der Waals surface area contributed by atoms with Crippen LogP contribution in [-0.2, 0) is 0 Å². The number of aliphatic imine (C=N–C) groups is 1. The van der Waals surface area contributed by atoms with Crippen molar-refractivity contribution in [2.45, 2.75) is 39.3 Å². The second-order valence-electron chi connectivity index (χ2n) is 4.65. The smallest absolute Gasteiger partial charge is 0.220 e. The van der Waals surface area contributed by atoms with Crippen molar-refractivity contribution in [2.75, 3.05) is 0 Å². The Labute approximate surface area is 101 Å². The SMILES string of the molecule is CC(C)[N+]12C=CC(C)(C)N=C1C=NI=N2. The molecule has 0 amide bonds. The molecule has 0 saturated carbocycles. The molecule has 0 saturated heterocycles. The maximum atomic E-state index is 4.71. The third-order valence-corrected chi connectivity index (χ3v) is 4.07. The molecule has 0 N–H and O–H groups in total. The lowest BCUT2D eigenvalue weighted by molar-refractivity contribution is -0.813. The molecule has 2 rings (SSSR count). The topological polar surface area (TPSA) is 37.1 Å². The van der Waals surface area contributed by atoms with E-state index in [0.29, 0.717) is 10.6 Å². The predicted octanol–water partition coefficient (Wildman–Crippen LogP) is 2.98. The van der Waals surface area contributed by atoms with Gasteiger partial charge in [0.2, 0.25) is 21.3 Å². The molecule has 0 aromatic heterocycles. The van der Waals surface area contributed by atoms with Gasteiger partial charge in [0.15, 0.2) is 0 Å². The van der Waals surface area contributed by atoms with Crippen LogP contribution in [0.4, 0.5) is 0 Å². The second kappa shape index (κ2) is 3.55. The van der Waals surface area contributed by atoms with Crippen molar-refractivity contribution >= 4 is 33.4 Å². The van der Waals surface area contributed by atoms with E-state index >= 15 is 0 Å². The van der Waals surface area contributed by atoms with E-state index in [4.69, 9.17) is 4.99 Å². The molecule has 2 heterocycles. The molecule has 0 fully saturated rings. The first-order valence-corrected chi connectivity index (χ1v) is 6.98. The minimum Gasteiger partial charge on any atom is -0.220 e. The molecule has 5 heteroatoms. The minimum absolute atomic E-state index is 0.122. The number of hydrogen-bond donors (Lipinski definition) is 0. The van der Waals surface area contributed by atoms with Crippen molar-refractivity contribution in [3.05, 3.63) is 12.3 Å². The fourth-order valence-electron chi connectivity index (χ4n) is 1.64. The summed E-state index contributed by atoms with van der Waals surface area (Å²) >= 11 is -0.411. The van der Waals surface area contributed by atoms with Gasteiger partial charge in [-0.15, -0.1) is 4.59 Å². The van der Waals surface area contributed by atoms with Gasteiger partial charge in [0.1, 0.15) is 18.5 Å². The molecular weight excluding hydrogens is 303 g/mol. The predicted molar refractivity (Wildman–Crippen MR) is 71.0 cm³/mol. The molecule has 1 atom stereocenters. The molecule has 0 spiro atoms. The average molecular weight is 319 g/mol. The van der Waals surface area contributed by atoms with E-state index in [1.807, 2.05) is 6.21 Å². The van der Waals surface area contributed by atoms with Gasteiger partial charge in [-0.05, 0) is 37.0 Å². The number of halogens is 1. The molecule has 0 radical (unpaired) electrons. The van der Waals surface area contributed by atoms with Gasteiger partial charge in [0.25, 0.3) is 5.84 Å². The second-order valence-corrected chi connectivity index (χ2v) is 6.07. The first-order valence-electron chi connectivity index (χ1n) is 5.05. The lowest BCUT2D eigenvalue weighted by Crippen LogP contribution is -2.52. The molecule has 2 aliphatic rings. The van der Waals surface area contributed by atoms with Crippen molar-refractivity contribution < 1.29 is 4.59 Å². The Morgan fingerprint density at radius 1 is 1.40 bits per heavy atom. The summed E-state index contributed by atoms with van der Waals surface area (Å²) < 4.78 is 9.51. The van der Waals surface area contributed by atoms with Gasteiger partial charge < -0.3 is 0 Å². The Kier molecular flexibility index (Phi) is 2.62. The maximum absolute atomic E-state index is 4.71.